The maximum atomic E-state index is 13.7. The van der Waals surface area contributed by atoms with Crippen molar-refractivity contribution in [3.05, 3.63) is 75.1 Å². The lowest BCUT2D eigenvalue weighted by Gasteiger charge is -2.10. The number of halogens is 2. The number of fused-ring (bicyclic) bond motifs is 1. The Morgan fingerprint density at radius 2 is 1.40 bits per heavy atom. The second-order valence-electron chi connectivity index (χ2n) is 4.19. The van der Waals surface area contributed by atoms with E-state index < -0.39 is 16.9 Å². The van der Waals surface area contributed by atoms with Crippen molar-refractivity contribution >= 4 is 11.0 Å². The molecular weight excluding hydrogens is 266 g/mol. The normalized spacial score (nSPS) is 10.9. The van der Waals surface area contributed by atoms with E-state index >= 15 is 0 Å². The van der Waals surface area contributed by atoms with Gasteiger partial charge in [0.25, 0.3) is 0 Å². The molecule has 0 aliphatic heterocycles. The van der Waals surface area contributed by atoms with Gasteiger partial charge in [-0.2, -0.15) is 0 Å². The molecule has 6 heteroatoms. The summed E-state index contributed by atoms with van der Waals surface area (Å²) >= 11 is 0. The van der Waals surface area contributed by atoms with Crippen molar-refractivity contribution < 1.29 is 8.87 Å². The van der Waals surface area contributed by atoms with E-state index in [0.29, 0.717) is 5.69 Å². The van der Waals surface area contributed by atoms with Crippen LogP contribution in [0.4, 0.5) is 8.87 Å². The number of benzene rings is 2. The van der Waals surface area contributed by atoms with Crippen molar-refractivity contribution in [3.8, 4) is 5.69 Å². The Morgan fingerprint density at radius 1 is 0.800 bits per heavy atom. The quantitative estimate of drug-likeness (QED) is 0.637. The molecule has 1 heterocycles. The third-order valence-electron chi connectivity index (χ3n) is 2.98. The smallest absolute Gasteiger partial charge is 0.270 e. The van der Waals surface area contributed by atoms with Gasteiger partial charge in [0.05, 0.1) is 5.52 Å². The summed E-state index contributed by atoms with van der Waals surface area (Å²) in [6.07, 6.45) is 0. The molecule has 0 amide bonds. The molecule has 3 aromatic rings. The van der Waals surface area contributed by atoms with Crippen LogP contribution in [-0.4, -0.2) is 9.36 Å². The van der Waals surface area contributed by atoms with E-state index in [1.54, 1.807) is 12.1 Å². The monoisotopic (exact) mass is 274 g/mol. The van der Waals surface area contributed by atoms with Gasteiger partial charge in [0.15, 0.2) is 0 Å². The molecule has 0 atom stereocenters. The minimum atomic E-state index is -1.28. The summed E-state index contributed by atoms with van der Waals surface area (Å²) in [4.78, 5) is 23.4. The second-order valence-corrected chi connectivity index (χ2v) is 4.19. The van der Waals surface area contributed by atoms with Crippen molar-refractivity contribution in [1.29, 1.82) is 0 Å². The fourth-order valence-electron chi connectivity index (χ4n) is 2.06. The molecule has 0 spiro atoms. The zero-order valence-electron chi connectivity index (χ0n) is 10.1. The molecule has 3 rings (SSSR count). The van der Waals surface area contributed by atoms with Gasteiger partial charge in [-0.1, -0.05) is 16.6 Å². The van der Waals surface area contributed by atoms with Crippen molar-refractivity contribution in [3.63, 3.8) is 0 Å². The van der Waals surface area contributed by atoms with Crippen LogP contribution in [0.1, 0.15) is 0 Å². The molecule has 0 fully saturated rings. The summed E-state index contributed by atoms with van der Waals surface area (Å²) < 4.78 is 27.8. The van der Waals surface area contributed by atoms with Gasteiger partial charge in [-0.25, -0.2) is 4.39 Å². The minimum Gasteiger partial charge on any atom is -0.270 e. The Hall–Kier alpha value is -2.76. The highest BCUT2D eigenvalue weighted by molar-refractivity contribution is 5.76. The van der Waals surface area contributed by atoms with Crippen molar-refractivity contribution in [2.45, 2.75) is 0 Å². The van der Waals surface area contributed by atoms with Gasteiger partial charge in [-0.15, -0.1) is 4.79 Å². The number of hydrogen-bond acceptors (Lipinski definition) is 2. The van der Waals surface area contributed by atoms with Crippen LogP contribution >= 0.6 is 0 Å². The molecule has 0 aliphatic carbocycles. The molecule has 0 saturated carbocycles. The van der Waals surface area contributed by atoms with Crippen LogP contribution < -0.4 is 11.1 Å². The summed E-state index contributed by atoms with van der Waals surface area (Å²) in [6.45, 7) is 0. The van der Waals surface area contributed by atoms with Crippen molar-refractivity contribution in [2.75, 3.05) is 0 Å². The van der Waals surface area contributed by atoms with E-state index in [1.807, 2.05) is 0 Å². The number of nitrogens with zero attached hydrogens (tertiary/aromatic N) is 2. The van der Waals surface area contributed by atoms with Gasteiger partial charge in [0, 0.05) is 5.69 Å². The maximum Gasteiger partial charge on any atom is 0.345 e. The molecule has 0 bridgehead atoms. The van der Waals surface area contributed by atoms with Gasteiger partial charge in [0.1, 0.15) is 11.3 Å². The number of aromatic nitrogens is 2. The summed E-state index contributed by atoms with van der Waals surface area (Å²) in [5.74, 6) is -0.468. The predicted octanol–water partition coefficient (Wildman–Crippen LogP) is 2.02. The van der Waals surface area contributed by atoms with Gasteiger partial charge in [0.2, 0.25) is 0 Å². The van der Waals surface area contributed by atoms with E-state index in [0.717, 1.165) is 16.7 Å². The van der Waals surface area contributed by atoms with E-state index in [9.17, 15) is 18.5 Å². The first kappa shape index (κ1) is 12.3. The maximum absolute atomic E-state index is 13.7. The van der Waals surface area contributed by atoms with Gasteiger partial charge < -0.3 is 0 Å². The Morgan fingerprint density at radius 3 is 2.05 bits per heavy atom. The predicted molar refractivity (Wildman–Crippen MR) is 70.3 cm³/mol. The van der Waals surface area contributed by atoms with Crippen LogP contribution in [-0.2, 0) is 0 Å². The fraction of sp³-hybridized carbons (Fsp3) is 0. The molecule has 0 N–H and O–H groups in total. The van der Waals surface area contributed by atoms with Crippen LogP contribution in [0, 0.1) is 5.82 Å². The summed E-state index contributed by atoms with van der Waals surface area (Å²) in [5, 5.41) is 0. The Labute approximate surface area is 111 Å². The van der Waals surface area contributed by atoms with Crippen molar-refractivity contribution in [2.24, 2.45) is 0 Å². The lowest BCUT2D eigenvalue weighted by Crippen LogP contribution is -2.38. The molecule has 0 unspecified atom stereocenters. The van der Waals surface area contributed by atoms with E-state index in [2.05, 4.69) is 0 Å². The van der Waals surface area contributed by atoms with Gasteiger partial charge >= 0.3 is 11.1 Å². The van der Waals surface area contributed by atoms with E-state index in [1.165, 1.54) is 24.3 Å². The Balaban J connectivity index is 2.50. The van der Waals surface area contributed by atoms with Crippen LogP contribution in [0.2, 0.25) is 0 Å². The zero-order valence-corrected chi connectivity index (χ0v) is 10.1. The molecule has 0 radical (unpaired) electrons. The molecule has 20 heavy (non-hydrogen) atoms. The number of hydrogen-bond donors (Lipinski definition) is 0. The standard InChI is InChI=1S/C14H8F2N2O2/c15-9-5-7-10(8-6-9)17-11-3-1-2-4-12(11)18(16)14(20)13(17)19/h1-8H. The Bertz CT molecular complexity index is 911. The molecule has 4 nitrogen and oxygen atoms in total. The molecule has 1 aromatic heterocycles. The zero-order chi connectivity index (χ0) is 14.3. The molecule has 0 saturated heterocycles. The van der Waals surface area contributed by atoms with E-state index in [4.69, 9.17) is 0 Å². The fourth-order valence-corrected chi connectivity index (χ4v) is 2.06. The first-order valence-electron chi connectivity index (χ1n) is 5.78. The van der Waals surface area contributed by atoms with Crippen LogP contribution in [0.25, 0.3) is 16.7 Å². The number of rotatable bonds is 1. The van der Waals surface area contributed by atoms with Crippen LogP contribution in [0.15, 0.2) is 58.1 Å². The van der Waals surface area contributed by atoms with Crippen LogP contribution in [0.5, 0.6) is 0 Å². The largest absolute Gasteiger partial charge is 0.345 e. The van der Waals surface area contributed by atoms with Gasteiger partial charge in [-0.3, -0.25) is 14.2 Å². The highest BCUT2D eigenvalue weighted by atomic mass is 19.2. The highest BCUT2D eigenvalue weighted by Crippen LogP contribution is 2.15. The molecule has 0 aliphatic rings. The molecule has 2 aromatic carbocycles. The number of para-hydroxylation sites is 2. The summed E-state index contributed by atoms with van der Waals surface area (Å²) in [5.41, 5.74) is -1.82. The lowest BCUT2D eigenvalue weighted by atomic mass is 10.2. The first-order valence-corrected chi connectivity index (χ1v) is 5.78. The van der Waals surface area contributed by atoms with E-state index in [-0.39, 0.29) is 15.8 Å². The minimum absolute atomic E-state index is 0.0265. The molecular formula is C14H8F2N2O2. The average molecular weight is 274 g/mol. The second kappa shape index (κ2) is 4.41. The third-order valence-corrected chi connectivity index (χ3v) is 2.98. The summed E-state index contributed by atoms with van der Waals surface area (Å²) in [7, 11) is 0. The third kappa shape index (κ3) is 1.73. The average Bonchev–Trinajstić information content (AvgIpc) is 2.47. The van der Waals surface area contributed by atoms with Crippen LogP contribution in [0.3, 0.4) is 0 Å². The lowest BCUT2D eigenvalue weighted by molar-refractivity contribution is 0.366. The highest BCUT2D eigenvalue weighted by Gasteiger charge is 2.13. The summed E-state index contributed by atoms with van der Waals surface area (Å²) in [6, 6.07) is 11.1. The SMILES string of the molecule is O=c1c(=O)n(-c2ccc(F)cc2)c2ccccc2n1F. The molecule has 100 valence electrons. The van der Waals surface area contributed by atoms with Gasteiger partial charge in [-0.05, 0) is 36.4 Å². The topological polar surface area (TPSA) is 44.0 Å². The van der Waals surface area contributed by atoms with Crippen molar-refractivity contribution in [1.82, 2.24) is 9.36 Å². The first-order chi connectivity index (χ1) is 9.59. The Kier molecular flexibility index (Phi) is 2.71.